The quantitative estimate of drug-likeness (QED) is 0.683. The van der Waals surface area contributed by atoms with Gasteiger partial charge in [0.1, 0.15) is 17.9 Å². The first kappa shape index (κ1) is 21.6. The molecule has 1 aromatic heterocycles. The molecule has 0 radical (unpaired) electrons. The number of carbonyl (C=O) groups is 3. The Morgan fingerprint density at radius 3 is 2.61 bits per heavy atom. The van der Waals surface area contributed by atoms with Crippen molar-refractivity contribution in [3.63, 3.8) is 0 Å². The van der Waals surface area contributed by atoms with E-state index in [4.69, 9.17) is 23.2 Å². The molecular formula is C21H23Cl2N5O3. The largest absolute Gasteiger partial charge is 0.327 e. The van der Waals surface area contributed by atoms with Crippen molar-refractivity contribution >= 4 is 46.9 Å². The predicted molar refractivity (Wildman–Crippen MR) is 117 cm³/mol. The number of imide groups is 1. The van der Waals surface area contributed by atoms with Crippen LogP contribution in [0.25, 0.3) is 0 Å². The van der Waals surface area contributed by atoms with Gasteiger partial charge in [0.2, 0.25) is 5.91 Å². The fourth-order valence-electron chi connectivity index (χ4n) is 4.37. The van der Waals surface area contributed by atoms with Crippen LogP contribution in [0.3, 0.4) is 0 Å². The van der Waals surface area contributed by atoms with Crippen LogP contribution >= 0.6 is 23.2 Å². The van der Waals surface area contributed by atoms with Gasteiger partial charge in [-0.1, -0.05) is 48.5 Å². The molecule has 164 valence electrons. The lowest BCUT2D eigenvalue weighted by molar-refractivity contribution is -0.136. The van der Waals surface area contributed by atoms with Gasteiger partial charge in [-0.15, -0.1) is 0 Å². The number of hydrogen-bond acceptors (Lipinski definition) is 4. The van der Waals surface area contributed by atoms with E-state index in [1.54, 1.807) is 42.2 Å². The van der Waals surface area contributed by atoms with Gasteiger partial charge in [0, 0.05) is 23.2 Å². The van der Waals surface area contributed by atoms with Crippen LogP contribution in [-0.2, 0) is 16.1 Å². The number of urea groups is 1. The van der Waals surface area contributed by atoms with Crippen LogP contribution in [-0.4, -0.2) is 56.6 Å². The fraction of sp³-hybridized carbons (Fsp3) is 0.429. The molecule has 1 saturated carbocycles. The van der Waals surface area contributed by atoms with Gasteiger partial charge in [-0.2, -0.15) is 5.10 Å². The lowest BCUT2D eigenvalue weighted by Crippen LogP contribution is -2.49. The number of rotatable bonds is 5. The molecule has 1 aliphatic carbocycles. The lowest BCUT2D eigenvalue weighted by atomic mass is 9.81. The van der Waals surface area contributed by atoms with Gasteiger partial charge in [-0.25, -0.2) is 9.48 Å². The number of hydrogen-bond donors (Lipinski definition) is 1. The molecule has 0 atom stereocenters. The third-order valence-corrected chi connectivity index (χ3v) is 6.69. The molecule has 2 aliphatic rings. The van der Waals surface area contributed by atoms with Gasteiger partial charge in [0.15, 0.2) is 0 Å². The van der Waals surface area contributed by atoms with Crippen molar-refractivity contribution in [3.05, 3.63) is 46.1 Å². The summed E-state index contributed by atoms with van der Waals surface area (Å²) >= 11 is 12.2. The zero-order valence-electron chi connectivity index (χ0n) is 17.1. The Hall–Kier alpha value is -2.58. The van der Waals surface area contributed by atoms with E-state index >= 15 is 0 Å². The third-order valence-electron chi connectivity index (χ3n) is 6.10. The molecule has 10 heteroatoms. The van der Waals surface area contributed by atoms with E-state index in [9.17, 15) is 14.4 Å². The van der Waals surface area contributed by atoms with Crippen LogP contribution < -0.4 is 5.32 Å². The Balaban J connectivity index is 1.45. The summed E-state index contributed by atoms with van der Waals surface area (Å²) in [5.74, 6) is -0.306. The number of benzene rings is 1. The number of nitrogens with zero attached hydrogens (tertiary/aromatic N) is 4. The summed E-state index contributed by atoms with van der Waals surface area (Å²) in [5, 5.41) is 7.99. The number of aromatic nitrogens is 2. The Morgan fingerprint density at radius 2 is 1.90 bits per heavy atom. The highest BCUT2D eigenvalue weighted by molar-refractivity contribution is 6.35. The number of halogens is 2. The molecule has 1 aliphatic heterocycles. The molecular weight excluding hydrogens is 441 g/mol. The van der Waals surface area contributed by atoms with Crippen molar-refractivity contribution < 1.29 is 14.4 Å². The highest BCUT2D eigenvalue weighted by atomic mass is 35.5. The van der Waals surface area contributed by atoms with Crippen LogP contribution in [0.2, 0.25) is 10.0 Å². The average Bonchev–Trinajstić information content (AvgIpc) is 3.24. The van der Waals surface area contributed by atoms with Crippen LogP contribution in [0.1, 0.15) is 37.7 Å². The SMILES string of the molecule is CN1C(=O)N(CC(=O)Nc2ccnn2Cc2ccc(Cl)cc2Cl)C(=O)C12CCCCC2. The number of nitrogens with one attached hydrogen (secondary N) is 1. The summed E-state index contributed by atoms with van der Waals surface area (Å²) in [6.45, 7) is -0.0112. The minimum Gasteiger partial charge on any atom is -0.313 e. The van der Waals surface area contributed by atoms with E-state index < -0.39 is 17.5 Å². The second kappa shape index (κ2) is 8.51. The van der Waals surface area contributed by atoms with E-state index in [0.29, 0.717) is 35.2 Å². The smallest absolute Gasteiger partial charge is 0.313 e. The normalized spacial score (nSPS) is 18.2. The number of anilines is 1. The van der Waals surface area contributed by atoms with Crippen molar-refractivity contribution in [2.45, 2.75) is 44.2 Å². The third kappa shape index (κ3) is 4.02. The standard InChI is InChI=1S/C21H23Cl2N5O3/c1-26-20(31)27(19(30)21(26)8-3-2-4-9-21)13-18(29)25-17-7-10-24-28(17)12-14-5-6-15(22)11-16(14)23/h5-7,10-11H,2-4,8-9,12-13H2,1H3,(H,25,29). The highest BCUT2D eigenvalue weighted by Crippen LogP contribution is 2.39. The summed E-state index contributed by atoms with van der Waals surface area (Å²) in [6.07, 6.45) is 5.68. The molecule has 31 heavy (non-hydrogen) atoms. The van der Waals surface area contributed by atoms with E-state index in [1.807, 2.05) is 0 Å². The molecule has 0 unspecified atom stereocenters. The van der Waals surface area contributed by atoms with Gasteiger partial charge in [-0.3, -0.25) is 14.5 Å². The van der Waals surface area contributed by atoms with Crippen molar-refractivity contribution in [1.82, 2.24) is 19.6 Å². The second-order valence-corrected chi connectivity index (χ2v) is 8.83. The maximum atomic E-state index is 13.1. The van der Waals surface area contributed by atoms with E-state index in [1.165, 1.54) is 4.90 Å². The highest BCUT2D eigenvalue weighted by Gasteiger charge is 2.55. The molecule has 1 N–H and O–H groups in total. The van der Waals surface area contributed by atoms with Crippen LogP contribution in [0, 0.1) is 0 Å². The first-order chi connectivity index (χ1) is 14.8. The average molecular weight is 464 g/mol. The summed E-state index contributed by atoms with van der Waals surface area (Å²) in [4.78, 5) is 41.0. The molecule has 1 saturated heterocycles. The van der Waals surface area contributed by atoms with Crippen molar-refractivity contribution in [2.24, 2.45) is 0 Å². The molecule has 4 rings (SSSR count). The monoisotopic (exact) mass is 463 g/mol. The number of amides is 4. The fourth-order valence-corrected chi connectivity index (χ4v) is 4.84. The zero-order valence-corrected chi connectivity index (χ0v) is 18.6. The number of likely N-dealkylation sites (N-methyl/N-ethyl adjacent to an activating group) is 1. The molecule has 8 nitrogen and oxygen atoms in total. The van der Waals surface area contributed by atoms with Crippen LogP contribution in [0.4, 0.5) is 10.6 Å². The van der Waals surface area contributed by atoms with Gasteiger partial charge >= 0.3 is 6.03 Å². The van der Waals surface area contributed by atoms with Gasteiger partial charge in [-0.05, 0) is 30.5 Å². The molecule has 4 amide bonds. The first-order valence-electron chi connectivity index (χ1n) is 10.2. The molecule has 0 bridgehead atoms. The van der Waals surface area contributed by atoms with Crippen molar-refractivity contribution in [2.75, 3.05) is 18.9 Å². The maximum Gasteiger partial charge on any atom is 0.327 e. The maximum absolute atomic E-state index is 13.1. The van der Waals surface area contributed by atoms with Crippen molar-refractivity contribution in [3.8, 4) is 0 Å². The summed E-state index contributed by atoms with van der Waals surface area (Å²) in [7, 11) is 1.65. The van der Waals surface area contributed by atoms with Gasteiger partial charge in [0.05, 0.1) is 12.7 Å². The van der Waals surface area contributed by atoms with Crippen molar-refractivity contribution in [1.29, 1.82) is 0 Å². The molecule has 1 spiro atoms. The Bertz CT molecular complexity index is 1030. The molecule has 2 aromatic rings. The summed E-state index contributed by atoms with van der Waals surface area (Å²) < 4.78 is 1.58. The van der Waals surface area contributed by atoms with Gasteiger partial charge < -0.3 is 10.2 Å². The van der Waals surface area contributed by atoms with E-state index in [2.05, 4.69) is 10.4 Å². The Morgan fingerprint density at radius 1 is 1.16 bits per heavy atom. The molecule has 2 fully saturated rings. The molecule has 2 heterocycles. The lowest BCUT2D eigenvalue weighted by Gasteiger charge is -2.35. The minimum atomic E-state index is -0.803. The Kier molecular flexibility index (Phi) is 5.94. The second-order valence-electron chi connectivity index (χ2n) is 7.98. The van der Waals surface area contributed by atoms with Crippen LogP contribution in [0.15, 0.2) is 30.5 Å². The zero-order chi connectivity index (χ0) is 22.2. The summed E-state index contributed by atoms with van der Waals surface area (Å²) in [6, 6.07) is 6.38. The summed E-state index contributed by atoms with van der Waals surface area (Å²) in [5.41, 5.74) is -0.0149. The van der Waals surface area contributed by atoms with E-state index in [-0.39, 0.29) is 12.5 Å². The number of carbonyl (C=O) groups excluding carboxylic acids is 3. The van der Waals surface area contributed by atoms with E-state index in [0.717, 1.165) is 29.7 Å². The first-order valence-corrected chi connectivity index (χ1v) is 10.9. The molecule has 1 aromatic carbocycles. The Labute approximate surface area is 190 Å². The topological polar surface area (TPSA) is 87.5 Å². The van der Waals surface area contributed by atoms with Crippen LogP contribution in [0.5, 0.6) is 0 Å². The predicted octanol–water partition coefficient (Wildman–Crippen LogP) is 3.77. The van der Waals surface area contributed by atoms with Gasteiger partial charge in [0.25, 0.3) is 5.91 Å². The minimum absolute atomic E-state index is 0.281.